The first kappa shape index (κ1) is 14.0. The minimum atomic E-state index is 0.271. The average Bonchev–Trinajstić information content (AvgIpc) is 2.88. The van der Waals surface area contributed by atoms with Crippen molar-refractivity contribution < 1.29 is 4.74 Å². The lowest BCUT2D eigenvalue weighted by molar-refractivity contribution is 0.164. The van der Waals surface area contributed by atoms with Crippen LogP contribution in [0.5, 0.6) is 5.75 Å². The van der Waals surface area contributed by atoms with Crippen molar-refractivity contribution in [1.82, 2.24) is 5.32 Å². The molecule has 2 nitrogen and oxygen atoms in total. The zero-order valence-corrected chi connectivity index (χ0v) is 12.5. The molecule has 0 amide bonds. The lowest BCUT2D eigenvalue weighted by Gasteiger charge is -2.24. The molecule has 1 fully saturated rings. The van der Waals surface area contributed by atoms with Gasteiger partial charge in [0.15, 0.2) is 0 Å². The van der Waals surface area contributed by atoms with Gasteiger partial charge in [0.2, 0.25) is 0 Å². The summed E-state index contributed by atoms with van der Waals surface area (Å²) in [4.78, 5) is 0. The van der Waals surface area contributed by atoms with E-state index in [4.69, 9.17) is 16.3 Å². The van der Waals surface area contributed by atoms with Crippen LogP contribution in [0.4, 0.5) is 0 Å². The molecule has 1 aliphatic heterocycles. The van der Waals surface area contributed by atoms with Crippen molar-refractivity contribution >= 4 is 23.4 Å². The Kier molecular flexibility index (Phi) is 5.22. The molecular weight excluding hydrogens is 266 g/mol. The topological polar surface area (TPSA) is 21.3 Å². The van der Waals surface area contributed by atoms with Crippen molar-refractivity contribution in [2.24, 2.45) is 5.92 Å². The van der Waals surface area contributed by atoms with E-state index in [-0.39, 0.29) is 6.10 Å². The number of thioether (sulfide) groups is 1. The van der Waals surface area contributed by atoms with E-state index in [9.17, 15) is 0 Å². The van der Waals surface area contributed by atoms with Gasteiger partial charge >= 0.3 is 0 Å². The largest absolute Gasteiger partial charge is 0.489 e. The number of hydrogen-bond donors (Lipinski definition) is 1. The van der Waals surface area contributed by atoms with Crippen LogP contribution in [0.1, 0.15) is 12.0 Å². The third kappa shape index (κ3) is 3.34. The van der Waals surface area contributed by atoms with E-state index in [0.29, 0.717) is 5.92 Å². The Balaban J connectivity index is 2.10. The van der Waals surface area contributed by atoms with Gasteiger partial charge in [-0.2, -0.15) is 11.8 Å². The lowest BCUT2D eigenvalue weighted by Crippen LogP contribution is -2.31. The predicted octanol–water partition coefficient (Wildman–Crippen LogP) is 3.37. The van der Waals surface area contributed by atoms with E-state index in [1.165, 1.54) is 6.42 Å². The summed E-state index contributed by atoms with van der Waals surface area (Å²) in [5.41, 5.74) is 1.04. The van der Waals surface area contributed by atoms with E-state index >= 15 is 0 Å². The Morgan fingerprint density at radius 2 is 2.39 bits per heavy atom. The van der Waals surface area contributed by atoms with E-state index in [0.717, 1.165) is 35.2 Å². The summed E-state index contributed by atoms with van der Waals surface area (Å²) in [6.07, 6.45) is 3.60. The van der Waals surface area contributed by atoms with Gasteiger partial charge in [-0.3, -0.25) is 0 Å². The summed E-state index contributed by atoms with van der Waals surface area (Å²) in [5, 5.41) is 4.19. The molecule has 1 heterocycles. The number of ether oxygens (including phenoxy) is 1. The Labute approximate surface area is 118 Å². The van der Waals surface area contributed by atoms with Gasteiger partial charge in [-0.15, -0.1) is 0 Å². The molecule has 2 atom stereocenters. The van der Waals surface area contributed by atoms with Crippen LogP contribution in [-0.2, 0) is 0 Å². The maximum atomic E-state index is 6.21. The molecule has 0 saturated carbocycles. The fourth-order valence-electron chi connectivity index (χ4n) is 2.30. The van der Waals surface area contributed by atoms with Crippen LogP contribution in [0.2, 0.25) is 5.02 Å². The van der Waals surface area contributed by atoms with Crippen molar-refractivity contribution in [2.75, 3.05) is 25.1 Å². The molecule has 0 aromatic heterocycles. The van der Waals surface area contributed by atoms with Crippen LogP contribution in [-0.4, -0.2) is 31.2 Å². The molecule has 100 valence electrons. The summed E-state index contributed by atoms with van der Waals surface area (Å²) in [5.74, 6) is 2.56. The van der Waals surface area contributed by atoms with Gasteiger partial charge in [0.1, 0.15) is 11.9 Å². The summed E-state index contributed by atoms with van der Waals surface area (Å²) < 4.78 is 6.21. The molecule has 1 aliphatic rings. The van der Waals surface area contributed by atoms with E-state index in [1.54, 1.807) is 0 Å². The van der Waals surface area contributed by atoms with Gasteiger partial charge in [0.25, 0.3) is 0 Å². The van der Waals surface area contributed by atoms with Crippen molar-refractivity contribution in [3.63, 3.8) is 0 Å². The first-order chi connectivity index (χ1) is 8.72. The van der Waals surface area contributed by atoms with Crippen LogP contribution in [0.3, 0.4) is 0 Å². The van der Waals surface area contributed by atoms with Gasteiger partial charge in [0, 0.05) is 28.8 Å². The minimum Gasteiger partial charge on any atom is -0.489 e. The van der Waals surface area contributed by atoms with Gasteiger partial charge in [0.05, 0.1) is 0 Å². The summed E-state index contributed by atoms with van der Waals surface area (Å²) in [6.45, 7) is 4.18. The molecule has 4 heteroatoms. The Morgan fingerprint density at radius 3 is 3.06 bits per heavy atom. The van der Waals surface area contributed by atoms with E-state index < -0.39 is 0 Å². The number of halogens is 1. The van der Waals surface area contributed by atoms with E-state index in [2.05, 4.69) is 11.6 Å². The third-order valence-electron chi connectivity index (χ3n) is 3.45. The second kappa shape index (κ2) is 6.69. The predicted molar refractivity (Wildman–Crippen MR) is 80.0 cm³/mol. The fraction of sp³-hybridized carbons (Fsp3) is 0.571. The van der Waals surface area contributed by atoms with Crippen molar-refractivity contribution in [1.29, 1.82) is 0 Å². The third-order valence-corrected chi connectivity index (χ3v) is 4.52. The van der Waals surface area contributed by atoms with Crippen LogP contribution in [0, 0.1) is 12.8 Å². The number of hydrogen-bond acceptors (Lipinski definition) is 3. The molecule has 0 radical (unpaired) electrons. The zero-order valence-electron chi connectivity index (χ0n) is 10.9. The van der Waals surface area contributed by atoms with Gasteiger partial charge in [-0.05, 0) is 38.3 Å². The monoisotopic (exact) mass is 285 g/mol. The molecule has 1 saturated heterocycles. The van der Waals surface area contributed by atoms with Crippen LogP contribution < -0.4 is 10.1 Å². The molecular formula is C14H20ClNOS. The van der Waals surface area contributed by atoms with Crippen LogP contribution in [0.25, 0.3) is 0 Å². The van der Waals surface area contributed by atoms with Crippen molar-refractivity contribution in [2.45, 2.75) is 19.4 Å². The molecule has 1 N–H and O–H groups in total. The first-order valence-electron chi connectivity index (χ1n) is 6.33. The van der Waals surface area contributed by atoms with Gasteiger partial charge < -0.3 is 10.1 Å². The summed E-state index contributed by atoms with van der Waals surface area (Å²) >= 11 is 7.98. The Bertz CT molecular complexity index is 393. The molecule has 1 unspecified atom stereocenters. The fourth-order valence-corrected chi connectivity index (χ4v) is 3.14. The minimum absolute atomic E-state index is 0.271. The second-order valence-corrected chi connectivity index (χ2v) is 6.05. The molecule has 0 aliphatic carbocycles. The number of nitrogens with one attached hydrogen (secondary N) is 1. The first-order valence-corrected chi connectivity index (χ1v) is 8.11. The van der Waals surface area contributed by atoms with E-state index in [1.807, 2.05) is 36.9 Å². The Hall–Kier alpha value is -0.380. The highest BCUT2D eigenvalue weighted by atomic mass is 35.5. The molecule has 18 heavy (non-hydrogen) atoms. The molecule has 1 aromatic carbocycles. The van der Waals surface area contributed by atoms with Gasteiger partial charge in [-0.25, -0.2) is 0 Å². The maximum Gasteiger partial charge on any atom is 0.124 e. The van der Waals surface area contributed by atoms with Crippen LogP contribution in [0.15, 0.2) is 18.2 Å². The molecule has 1 aromatic rings. The summed E-state index contributed by atoms with van der Waals surface area (Å²) in [7, 11) is 0. The Morgan fingerprint density at radius 1 is 1.56 bits per heavy atom. The lowest BCUT2D eigenvalue weighted by atomic mass is 10.0. The zero-order chi connectivity index (χ0) is 13.0. The smallest absolute Gasteiger partial charge is 0.124 e. The quantitative estimate of drug-likeness (QED) is 0.896. The molecule has 0 bridgehead atoms. The highest BCUT2D eigenvalue weighted by Crippen LogP contribution is 2.29. The SMILES string of the molecule is CSC[C@@H](Oc1cccc(Cl)c1C)C1CCNC1. The standard InChI is InChI=1S/C14H20ClNOS/c1-10-12(15)4-3-5-13(10)17-14(9-18-2)11-6-7-16-8-11/h3-5,11,14,16H,6-9H2,1-2H3/t11?,14-/m1/s1. The molecule has 2 rings (SSSR count). The summed E-state index contributed by atoms with van der Waals surface area (Å²) in [6, 6.07) is 5.87. The average molecular weight is 286 g/mol. The van der Waals surface area contributed by atoms with Gasteiger partial charge in [-0.1, -0.05) is 17.7 Å². The normalized spacial score (nSPS) is 20.9. The second-order valence-electron chi connectivity index (χ2n) is 4.73. The number of benzene rings is 1. The van der Waals surface area contributed by atoms with Crippen LogP contribution >= 0.6 is 23.4 Å². The highest BCUT2D eigenvalue weighted by molar-refractivity contribution is 7.98. The molecule has 0 spiro atoms. The van der Waals surface area contributed by atoms with Crippen molar-refractivity contribution in [3.8, 4) is 5.75 Å². The highest BCUT2D eigenvalue weighted by Gasteiger charge is 2.26. The number of rotatable bonds is 5. The van der Waals surface area contributed by atoms with Crippen molar-refractivity contribution in [3.05, 3.63) is 28.8 Å². The maximum absolute atomic E-state index is 6.21.